The number of rotatable bonds is 13. The minimum atomic E-state index is 0.607. The summed E-state index contributed by atoms with van der Waals surface area (Å²) in [7, 11) is 2.32. The Morgan fingerprint density at radius 3 is 2.03 bits per heavy atom. The van der Waals surface area contributed by atoms with E-state index in [1.807, 2.05) is 0 Å². The average molecular weight is 424 g/mol. The van der Waals surface area contributed by atoms with Crippen molar-refractivity contribution in [3.63, 3.8) is 0 Å². The smallest absolute Gasteiger partial charge is 0.0198 e. The Hall–Kier alpha value is -0.200. The summed E-state index contributed by atoms with van der Waals surface area (Å²) >= 11 is 0. The van der Waals surface area contributed by atoms with Crippen LogP contribution in [0.15, 0.2) is 0 Å². The molecule has 0 spiro atoms. The van der Waals surface area contributed by atoms with Gasteiger partial charge in [0.15, 0.2) is 0 Å². The minimum absolute atomic E-state index is 0.607. The van der Waals surface area contributed by atoms with Gasteiger partial charge in [-0.05, 0) is 66.0 Å². The topological polar surface area (TPSA) is 42.6 Å². The molecule has 0 aliphatic carbocycles. The molecule has 3 N–H and O–H groups in total. The van der Waals surface area contributed by atoms with Crippen LogP contribution in [0.1, 0.15) is 86.0 Å². The second kappa shape index (κ2) is 14.1. The molecule has 0 saturated carbocycles. The van der Waals surface area contributed by atoms with Gasteiger partial charge in [0.1, 0.15) is 0 Å². The fourth-order valence-corrected chi connectivity index (χ4v) is 5.39. The van der Waals surface area contributed by atoms with Crippen molar-refractivity contribution in [2.24, 2.45) is 0 Å². The first kappa shape index (κ1) is 26.1. The van der Waals surface area contributed by atoms with Crippen LogP contribution in [0, 0.1) is 0 Å². The van der Waals surface area contributed by atoms with Crippen molar-refractivity contribution in [2.75, 3.05) is 39.8 Å². The zero-order valence-electron chi connectivity index (χ0n) is 21.1. The zero-order chi connectivity index (χ0) is 21.9. The normalized spacial score (nSPS) is 30.0. The van der Waals surface area contributed by atoms with Crippen molar-refractivity contribution < 1.29 is 0 Å². The molecule has 2 rings (SSSR count). The Labute approximate surface area is 188 Å². The van der Waals surface area contributed by atoms with Gasteiger partial charge < -0.3 is 25.8 Å². The highest BCUT2D eigenvalue weighted by Gasteiger charge is 2.26. The van der Waals surface area contributed by atoms with Gasteiger partial charge in [-0.2, -0.15) is 0 Å². The van der Waals surface area contributed by atoms with E-state index in [1.54, 1.807) is 0 Å². The highest BCUT2D eigenvalue weighted by Crippen LogP contribution is 2.17. The Morgan fingerprint density at radius 2 is 1.47 bits per heavy atom. The zero-order valence-corrected chi connectivity index (χ0v) is 21.1. The van der Waals surface area contributed by atoms with E-state index in [0.29, 0.717) is 36.3 Å². The molecule has 6 unspecified atom stereocenters. The molecule has 0 aromatic heterocycles. The first-order valence-corrected chi connectivity index (χ1v) is 13.1. The molecule has 2 saturated heterocycles. The van der Waals surface area contributed by atoms with Gasteiger partial charge in [0, 0.05) is 62.4 Å². The van der Waals surface area contributed by atoms with E-state index in [-0.39, 0.29) is 0 Å². The van der Waals surface area contributed by atoms with Gasteiger partial charge >= 0.3 is 0 Å². The van der Waals surface area contributed by atoms with Crippen LogP contribution in [-0.2, 0) is 0 Å². The maximum Gasteiger partial charge on any atom is 0.0198 e. The van der Waals surface area contributed by atoms with E-state index >= 15 is 0 Å². The van der Waals surface area contributed by atoms with Crippen LogP contribution >= 0.6 is 0 Å². The van der Waals surface area contributed by atoms with Gasteiger partial charge in [-0.1, -0.05) is 33.6 Å². The highest BCUT2D eigenvalue weighted by atomic mass is 15.2. The van der Waals surface area contributed by atoms with E-state index in [4.69, 9.17) is 0 Å². The van der Waals surface area contributed by atoms with Crippen LogP contribution in [0.2, 0.25) is 0 Å². The standard InChI is InChI=1S/C25H53N5/c1-7-20(4)26-22(8-2)18-30(9-3)19-25-15-11-14-24(28-25)17-29(6)16-23-13-10-12-21(5)27-23/h20-28H,7-19H2,1-6H3. The van der Waals surface area contributed by atoms with E-state index < -0.39 is 0 Å². The van der Waals surface area contributed by atoms with Crippen LogP contribution in [0.25, 0.3) is 0 Å². The molecule has 178 valence electrons. The molecule has 2 fully saturated rings. The van der Waals surface area contributed by atoms with Gasteiger partial charge in [-0.3, -0.25) is 0 Å². The molecule has 2 aliphatic rings. The predicted octanol–water partition coefficient (Wildman–Crippen LogP) is 3.45. The molecular weight excluding hydrogens is 370 g/mol. The van der Waals surface area contributed by atoms with Crippen molar-refractivity contribution in [1.29, 1.82) is 0 Å². The summed E-state index contributed by atoms with van der Waals surface area (Å²) in [5, 5.41) is 11.6. The van der Waals surface area contributed by atoms with Crippen molar-refractivity contribution in [2.45, 2.75) is 122 Å². The third-order valence-electron chi connectivity index (χ3n) is 7.38. The third kappa shape index (κ3) is 9.52. The monoisotopic (exact) mass is 423 g/mol. The fraction of sp³-hybridized carbons (Fsp3) is 1.00. The summed E-state index contributed by atoms with van der Waals surface area (Å²) in [5.41, 5.74) is 0. The van der Waals surface area contributed by atoms with E-state index in [2.05, 4.69) is 67.4 Å². The van der Waals surface area contributed by atoms with Gasteiger partial charge in [0.05, 0.1) is 0 Å². The summed E-state index contributed by atoms with van der Waals surface area (Å²) in [6, 6.07) is 3.88. The lowest BCUT2D eigenvalue weighted by Crippen LogP contribution is -2.54. The largest absolute Gasteiger partial charge is 0.310 e. The summed E-state index contributed by atoms with van der Waals surface area (Å²) in [6.45, 7) is 17.4. The van der Waals surface area contributed by atoms with Gasteiger partial charge in [0.25, 0.3) is 0 Å². The maximum atomic E-state index is 4.01. The van der Waals surface area contributed by atoms with Gasteiger partial charge in [-0.15, -0.1) is 0 Å². The van der Waals surface area contributed by atoms with Crippen molar-refractivity contribution in [3.05, 3.63) is 0 Å². The summed E-state index contributed by atoms with van der Waals surface area (Å²) < 4.78 is 0. The molecule has 5 nitrogen and oxygen atoms in total. The lowest BCUT2D eigenvalue weighted by Gasteiger charge is -2.38. The fourth-order valence-electron chi connectivity index (χ4n) is 5.39. The molecule has 0 radical (unpaired) electrons. The van der Waals surface area contributed by atoms with Gasteiger partial charge in [-0.25, -0.2) is 0 Å². The van der Waals surface area contributed by atoms with E-state index in [0.717, 1.165) is 6.54 Å². The number of hydrogen-bond acceptors (Lipinski definition) is 5. The molecule has 30 heavy (non-hydrogen) atoms. The lowest BCUT2D eigenvalue weighted by molar-refractivity contribution is 0.168. The number of nitrogens with one attached hydrogen (secondary N) is 3. The van der Waals surface area contributed by atoms with Crippen molar-refractivity contribution in [3.8, 4) is 0 Å². The summed E-state index contributed by atoms with van der Waals surface area (Å²) in [4.78, 5) is 5.23. The summed E-state index contributed by atoms with van der Waals surface area (Å²) in [5.74, 6) is 0. The predicted molar refractivity (Wildman–Crippen MR) is 131 cm³/mol. The molecule has 2 aliphatic heterocycles. The highest BCUT2D eigenvalue weighted by molar-refractivity contribution is 4.87. The van der Waals surface area contributed by atoms with Crippen LogP contribution in [-0.4, -0.2) is 85.8 Å². The third-order valence-corrected chi connectivity index (χ3v) is 7.38. The summed E-state index contributed by atoms with van der Waals surface area (Å²) in [6.07, 6.45) is 10.5. The molecule has 0 aromatic carbocycles. The molecule has 5 heteroatoms. The Bertz CT molecular complexity index is 445. The van der Waals surface area contributed by atoms with Crippen molar-refractivity contribution in [1.82, 2.24) is 25.8 Å². The molecule has 2 heterocycles. The average Bonchev–Trinajstić information content (AvgIpc) is 2.72. The Morgan fingerprint density at radius 1 is 0.867 bits per heavy atom. The molecule has 6 atom stereocenters. The molecular formula is C25H53N5. The van der Waals surface area contributed by atoms with E-state index in [1.165, 1.54) is 77.5 Å². The molecule has 0 amide bonds. The number of piperidine rings is 2. The van der Waals surface area contributed by atoms with Crippen LogP contribution < -0.4 is 16.0 Å². The van der Waals surface area contributed by atoms with Crippen LogP contribution in [0.3, 0.4) is 0 Å². The Balaban J connectivity index is 1.75. The van der Waals surface area contributed by atoms with E-state index in [9.17, 15) is 0 Å². The first-order chi connectivity index (χ1) is 14.4. The van der Waals surface area contributed by atoms with Crippen molar-refractivity contribution >= 4 is 0 Å². The van der Waals surface area contributed by atoms with Crippen LogP contribution in [0.5, 0.6) is 0 Å². The van der Waals surface area contributed by atoms with Crippen LogP contribution in [0.4, 0.5) is 0 Å². The second-order valence-electron chi connectivity index (χ2n) is 10.3. The SMILES string of the molecule is CCC(C)NC(CC)CN(CC)CC1CCCC(CN(C)CC2CCCC(C)N2)N1. The first-order valence-electron chi connectivity index (χ1n) is 13.1. The Kier molecular flexibility index (Phi) is 12.2. The van der Waals surface area contributed by atoms with Gasteiger partial charge in [0.2, 0.25) is 0 Å². The lowest BCUT2D eigenvalue weighted by atomic mass is 9.96. The second-order valence-corrected chi connectivity index (χ2v) is 10.3. The maximum absolute atomic E-state index is 4.01. The molecule has 0 aromatic rings. The quantitative estimate of drug-likeness (QED) is 0.423. The number of nitrogens with zero attached hydrogens (tertiary/aromatic N) is 2. The molecule has 0 bridgehead atoms. The number of hydrogen-bond donors (Lipinski definition) is 3. The minimum Gasteiger partial charge on any atom is -0.310 e. The number of likely N-dealkylation sites (N-methyl/N-ethyl adjacent to an activating group) is 2.